The van der Waals surface area contributed by atoms with Crippen molar-refractivity contribution in [1.29, 1.82) is 0 Å². The minimum atomic E-state index is -4.77. The Kier molecular flexibility index (Phi) is 6.46. The summed E-state index contributed by atoms with van der Waals surface area (Å²) in [5.41, 5.74) is 3.82. The number of ether oxygens (including phenoxy) is 1. The number of halogens is 3. The van der Waals surface area contributed by atoms with E-state index in [0.29, 0.717) is 12.1 Å². The second-order valence-corrected chi connectivity index (χ2v) is 6.31. The maximum Gasteiger partial charge on any atom is 0.433 e. The van der Waals surface area contributed by atoms with E-state index in [4.69, 9.17) is 10.5 Å². The third-order valence-electron chi connectivity index (χ3n) is 4.06. The van der Waals surface area contributed by atoms with Crippen LogP contribution in [-0.2, 0) is 11.0 Å². The zero-order chi connectivity index (χ0) is 25.0. The van der Waals surface area contributed by atoms with E-state index < -0.39 is 50.6 Å². The average Bonchev–Trinajstić information content (AvgIpc) is 3.28. The van der Waals surface area contributed by atoms with Gasteiger partial charge in [-0.25, -0.2) is 4.79 Å². The topological polar surface area (TPSA) is 173 Å². The van der Waals surface area contributed by atoms with Crippen molar-refractivity contribution in [2.45, 2.75) is 6.18 Å². The van der Waals surface area contributed by atoms with Crippen molar-refractivity contribution in [2.75, 3.05) is 0 Å². The van der Waals surface area contributed by atoms with Crippen LogP contribution in [0.5, 0.6) is 11.5 Å². The number of carbonyl (C=O) groups is 1. The lowest BCUT2D eigenvalue weighted by molar-refractivity contribution is -0.402. The molecule has 0 saturated heterocycles. The summed E-state index contributed by atoms with van der Waals surface area (Å²) in [5.74, 6) is -2.99. The summed E-state index contributed by atoms with van der Waals surface area (Å²) in [7, 11) is 0. The molecule has 0 aliphatic carbocycles. The van der Waals surface area contributed by atoms with Crippen LogP contribution in [-0.4, -0.2) is 21.7 Å². The fourth-order valence-electron chi connectivity index (χ4n) is 2.47. The van der Waals surface area contributed by atoms with Crippen LogP contribution in [0.25, 0.3) is 0 Å². The molecule has 3 aromatic rings. The fourth-order valence-corrected chi connectivity index (χ4v) is 2.47. The second-order valence-electron chi connectivity index (χ2n) is 6.31. The number of nitro benzene ring substituents is 1. The molecule has 0 fully saturated rings. The summed E-state index contributed by atoms with van der Waals surface area (Å²) in [4.78, 5) is 36.2. The molecule has 0 radical (unpaired) electrons. The predicted octanol–water partition coefficient (Wildman–Crippen LogP) is 4.38. The van der Waals surface area contributed by atoms with E-state index in [1.165, 1.54) is 24.3 Å². The van der Waals surface area contributed by atoms with Crippen LogP contribution in [0.15, 0.2) is 64.2 Å². The van der Waals surface area contributed by atoms with E-state index in [1.807, 2.05) is 0 Å². The Morgan fingerprint density at radius 2 is 1.68 bits per heavy atom. The number of amidine groups is 1. The molecule has 12 nitrogen and oxygen atoms in total. The van der Waals surface area contributed by atoms with Crippen LogP contribution in [0.2, 0.25) is 0 Å². The molecular formula is C19H11F3N4O8. The highest BCUT2D eigenvalue weighted by Gasteiger charge is 2.33. The lowest BCUT2D eigenvalue weighted by Gasteiger charge is -2.10. The van der Waals surface area contributed by atoms with Gasteiger partial charge in [-0.15, -0.1) is 0 Å². The van der Waals surface area contributed by atoms with Gasteiger partial charge >= 0.3 is 23.7 Å². The quantitative estimate of drug-likeness (QED) is 0.169. The molecular weight excluding hydrogens is 469 g/mol. The maximum atomic E-state index is 12.8. The van der Waals surface area contributed by atoms with Gasteiger partial charge in [0.15, 0.2) is 5.84 Å². The third-order valence-corrected chi connectivity index (χ3v) is 4.06. The molecule has 0 unspecified atom stereocenters. The van der Waals surface area contributed by atoms with Gasteiger partial charge in [0.1, 0.15) is 10.7 Å². The molecule has 0 amide bonds. The standard InChI is InChI=1S/C19H11F3N4O8/c20-19(21,22)11-3-6-14(13(9-11)25(28)29)32-12-4-1-10(2-5-12)17(23)24-34-18(27)15-7-8-16(33-15)26(30)31/h1-9H,(H2,23,24). The van der Waals surface area contributed by atoms with Gasteiger partial charge in [0.2, 0.25) is 11.5 Å². The van der Waals surface area contributed by atoms with Crippen molar-refractivity contribution < 1.29 is 41.8 Å². The lowest BCUT2D eigenvalue weighted by atomic mass is 10.1. The van der Waals surface area contributed by atoms with Crippen molar-refractivity contribution >= 4 is 23.4 Å². The number of nitro groups is 2. The molecule has 2 N–H and O–H groups in total. The molecule has 0 saturated carbocycles. The first-order valence-electron chi connectivity index (χ1n) is 8.88. The Morgan fingerprint density at radius 3 is 2.24 bits per heavy atom. The molecule has 3 rings (SSSR count). The number of hydrogen-bond acceptors (Lipinski definition) is 9. The minimum absolute atomic E-state index is 0.0271. The number of hydrogen-bond donors (Lipinski definition) is 1. The molecule has 0 aliphatic rings. The highest BCUT2D eigenvalue weighted by Crippen LogP contribution is 2.37. The fraction of sp³-hybridized carbons (Fsp3) is 0.0526. The van der Waals surface area contributed by atoms with Crippen LogP contribution in [0, 0.1) is 20.2 Å². The highest BCUT2D eigenvalue weighted by molar-refractivity contribution is 5.98. The van der Waals surface area contributed by atoms with Crippen LogP contribution >= 0.6 is 0 Å². The maximum absolute atomic E-state index is 12.8. The molecule has 0 aliphatic heterocycles. The normalized spacial score (nSPS) is 11.7. The van der Waals surface area contributed by atoms with Crippen molar-refractivity contribution in [2.24, 2.45) is 10.9 Å². The first-order chi connectivity index (χ1) is 16.0. The SMILES string of the molecule is N/C(=N/OC(=O)c1ccc([N+](=O)[O-])o1)c1ccc(Oc2ccc(C(F)(F)F)cc2[N+](=O)[O-])cc1. The number of alkyl halides is 3. The molecule has 0 bridgehead atoms. The Labute approximate surface area is 186 Å². The Bertz CT molecular complexity index is 1290. The Hall–Kier alpha value is -4.95. The molecule has 1 heterocycles. The van der Waals surface area contributed by atoms with Gasteiger partial charge in [-0.3, -0.25) is 20.2 Å². The summed E-state index contributed by atoms with van der Waals surface area (Å²) in [6.45, 7) is 0. The van der Waals surface area contributed by atoms with Crippen LogP contribution in [0.1, 0.15) is 21.7 Å². The Morgan fingerprint density at radius 1 is 1.00 bits per heavy atom. The average molecular weight is 480 g/mol. The van der Waals surface area contributed by atoms with Gasteiger partial charge in [-0.2, -0.15) is 13.2 Å². The van der Waals surface area contributed by atoms with Crippen molar-refractivity contribution in [1.82, 2.24) is 0 Å². The molecule has 0 atom stereocenters. The lowest BCUT2D eigenvalue weighted by Crippen LogP contribution is -2.15. The third kappa shape index (κ3) is 5.45. The van der Waals surface area contributed by atoms with E-state index in [2.05, 4.69) is 14.4 Å². The number of rotatable bonds is 7. The largest absolute Gasteiger partial charge is 0.450 e. The summed E-state index contributed by atoms with van der Waals surface area (Å²) < 4.78 is 48.4. The predicted molar refractivity (Wildman–Crippen MR) is 106 cm³/mol. The van der Waals surface area contributed by atoms with Crippen LogP contribution < -0.4 is 10.5 Å². The monoisotopic (exact) mass is 480 g/mol. The highest BCUT2D eigenvalue weighted by atomic mass is 19.4. The van der Waals surface area contributed by atoms with Crippen molar-refractivity contribution in [3.8, 4) is 11.5 Å². The van der Waals surface area contributed by atoms with E-state index >= 15 is 0 Å². The van der Waals surface area contributed by atoms with Gasteiger partial charge in [0.05, 0.1) is 16.6 Å². The molecule has 15 heteroatoms. The summed E-state index contributed by atoms with van der Waals surface area (Å²) in [6, 6.07) is 9.02. The second kappa shape index (κ2) is 9.27. The molecule has 176 valence electrons. The molecule has 2 aromatic carbocycles. The van der Waals surface area contributed by atoms with E-state index in [0.717, 1.165) is 18.2 Å². The van der Waals surface area contributed by atoms with Crippen molar-refractivity contribution in [3.63, 3.8) is 0 Å². The number of carbonyl (C=O) groups excluding carboxylic acids is 1. The number of oxime groups is 1. The minimum Gasteiger partial charge on any atom is -0.450 e. The first-order valence-corrected chi connectivity index (χ1v) is 8.88. The van der Waals surface area contributed by atoms with Gasteiger partial charge in [-0.05, 0) is 42.5 Å². The first kappa shape index (κ1) is 23.7. The van der Waals surface area contributed by atoms with Gasteiger partial charge in [0.25, 0.3) is 0 Å². The van der Waals surface area contributed by atoms with Crippen LogP contribution in [0.4, 0.5) is 24.7 Å². The smallest absolute Gasteiger partial charge is 0.433 e. The van der Waals surface area contributed by atoms with Crippen molar-refractivity contribution in [3.05, 3.63) is 91.7 Å². The summed E-state index contributed by atoms with van der Waals surface area (Å²) in [6.07, 6.45) is -4.77. The number of nitrogens with two attached hydrogens (primary N) is 1. The molecule has 34 heavy (non-hydrogen) atoms. The van der Waals surface area contributed by atoms with Crippen LogP contribution in [0.3, 0.4) is 0 Å². The number of benzene rings is 2. The zero-order valence-corrected chi connectivity index (χ0v) is 16.5. The number of furan rings is 1. The van der Waals surface area contributed by atoms with Gasteiger partial charge in [-0.1, -0.05) is 5.16 Å². The summed E-state index contributed by atoms with van der Waals surface area (Å²) >= 11 is 0. The summed E-state index contributed by atoms with van der Waals surface area (Å²) in [5, 5.41) is 25.1. The van der Waals surface area contributed by atoms with E-state index in [-0.39, 0.29) is 17.1 Å². The molecule has 1 aromatic heterocycles. The number of nitrogens with zero attached hydrogens (tertiary/aromatic N) is 3. The Balaban J connectivity index is 1.71. The van der Waals surface area contributed by atoms with E-state index in [9.17, 15) is 38.2 Å². The van der Waals surface area contributed by atoms with E-state index in [1.54, 1.807) is 0 Å². The van der Waals surface area contributed by atoms with Gasteiger partial charge in [0, 0.05) is 11.6 Å². The molecule has 0 spiro atoms. The zero-order valence-electron chi connectivity index (χ0n) is 16.5. The van der Waals surface area contributed by atoms with Gasteiger partial charge < -0.3 is 19.7 Å².